The Hall–Kier alpha value is -2.87. The predicted octanol–water partition coefficient (Wildman–Crippen LogP) is 3.26. The first-order valence-electron chi connectivity index (χ1n) is 7.56. The summed E-state index contributed by atoms with van der Waals surface area (Å²) in [5.41, 5.74) is 1.32. The van der Waals surface area contributed by atoms with Crippen LogP contribution in [-0.4, -0.2) is 34.0 Å². The first-order valence-corrected chi connectivity index (χ1v) is 8.55. The van der Waals surface area contributed by atoms with Crippen molar-refractivity contribution in [1.82, 2.24) is 15.2 Å². The number of nitrogens with one attached hydrogen (secondary N) is 1. The fourth-order valence-electron chi connectivity index (χ4n) is 2.02. The molecular weight excluding hydrogens is 340 g/mol. The maximum atomic E-state index is 12.0. The monoisotopic (exact) mass is 356 g/mol. The Morgan fingerprint density at radius 2 is 2.16 bits per heavy atom. The summed E-state index contributed by atoms with van der Waals surface area (Å²) in [7, 11) is 1.58. The van der Waals surface area contributed by atoms with Crippen molar-refractivity contribution in [3.63, 3.8) is 0 Å². The van der Waals surface area contributed by atoms with E-state index in [0.717, 1.165) is 0 Å². The number of methoxy groups -OCH3 is 1. The van der Waals surface area contributed by atoms with Gasteiger partial charge in [-0.2, -0.15) is 0 Å². The second-order valence-electron chi connectivity index (χ2n) is 4.97. The lowest BCUT2D eigenvalue weighted by Crippen LogP contribution is -2.12. The molecule has 8 heteroatoms. The van der Waals surface area contributed by atoms with Gasteiger partial charge >= 0.3 is 0 Å². The zero-order valence-electron chi connectivity index (χ0n) is 13.5. The van der Waals surface area contributed by atoms with Gasteiger partial charge in [-0.15, -0.1) is 10.2 Å². The quantitative estimate of drug-likeness (QED) is 0.650. The van der Waals surface area contributed by atoms with E-state index in [0.29, 0.717) is 40.4 Å². The smallest absolute Gasteiger partial charge is 0.276 e. The first kappa shape index (κ1) is 17.0. The SMILES string of the molecule is COc1cccc(NC(=O)CCSc2nnc(-c3ccccn3)o2)c1. The summed E-state index contributed by atoms with van der Waals surface area (Å²) >= 11 is 1.33. The van der Waals surface area contributed by atoms with Gasteiger partial charge in [0, 0.05) is 30.1 Å². The van der Waals surface area contributed by atoms with Crippen molar-refractivity contribution in [2.24, 2.45) is 0 Å². The molecule has 1 N–H and O–H groups in total. The molecule has 0 saturated carbocycles. The van der Waals surface area contributed by atoms with Crippen molar-refractivity contribution in [1.29, 1.82) is 0 Å². The molecule has 1 aromatic carbocycles. The van der Waals surface area contributed by atoms with Gasteiger partial charge < -0.3 is 14.5 Å². The molecule has 2 aromatic heterocycles. The van der Waals surface area contributed by atoms with Crippen molar-refractivity contribution in [3.05, 3.63) is 48.7 Å². The van der Waals surface area contributed by atoms with Gasteiger partial charge in [-0.3, -0.25) is 9.78 Å². The van der Waals surface area contributed by atoms with E-state index in [4.69, 9.17) is 9.15 Å². The van der Waals surface area contributed by atoms with Crippen molar-refractivity contribution >= 4 is 23.4 Å². The van der Waals surface area contributed by atoms with Crippen LogP contribution in [0, 0.1) is 0 Å². The van der Waals surface area contributed by atoms with Gasteiger partial charge in [0.2, 0.25) is 5.91 Å². The Balaban J connectivity index is 1.48. The van der Waals surface area contributed by atoms with Crippen molar-refractivity contribution in [2.45, 2.75) is 11.6 Å². The average Bonchev–Trinajstić information content (AvgIpc) is 3.11. The summed E-state index contributed by atoms with van der Waals surface area (Å²) in [6.07, 6.45) is 1.98. The minimum atomic E-state index is -0.0924. The summed E-state index contributed by atoms with van der Waals surface area (Å²) in [4.78, 5) is 16.1. The number of pyridine rings is 1. The third-order valence-corrected chi connectivity index (χ3v) is 4.02. The number of thioether (sulfide) groups is 1. The third kappa shape index (κ3) is 4.80. The summed E-state index contributed by atoms with van der Waals surface area (Å²) < 4.78 is 10.7. The highest BCUT2D eigenvalue weighted by molar-refractivity contribution is 7.99. The van der Waals surface area contributed by atoms with Gasteiger partial charge in [-0.25, -0.2) is 0 Å². The highest BCUT2D eigenvalue weighted by atomic mass is 32.2. The molecule has 0 fully saturated rings. The molecule has 0 atom stereocenters. The molecule has 0 radical (unpaired) electrons. The molecule has 0 unspecified atom stereocenters. The summed E-state index contributed by atoms with van der Waals surface area (Å²) in [6, 6.07) is 12.7. The Morgan fingerprint density at radius 3 is 2.96 bits per heavy atom. The number of aromatic nitrogens is 3. The van der Waals surface area contributed by atoms with Crippen LogP contribution < -0.4 is 10.1 Å². The fraction of sp³-hybridized carbons (Fsp3) is 0.176. The molecule has 25 heavy (non-hydrogen) atoms. The molecule has 128 valence electrons. The Kier molecular flexibility index (Phi) is 5.63. The lowest BCUT2D eigenvalue weighted by atomic mass is 10.3. The standard InChI is InChI=1S/C17H16N4O3S/c1-23-13-6-4-5-12(11-13)19-15(22)8-10-25-17-21-20-16(24-17)14-7-2-3-9-18-14/h2-7,9,11H,8,10H2,1H3,(H,19,22). The van der Waals surface area contributed by atoms with Gasteiger partial charge in [0.15, 0.2) is 0 Å². The number of amides is 1. The number of carbonyl (C=O) groups excluding carboxylic acids is 1. The lowest BCUT2D eigenvalue weighted by Gasteiger charge is -2.06. The van der Waals surface area contributed by atoms with Crippen LogP contribution in [0.4, 0.5) is 5.69 Å². The van der Waals surface area contributed by atoms with E-state index in [1.165, 1.54) is 11.8 Å². The van der Waals surface area contributed by atoms with Crippen LogP contribution in [0.5, 0.6) is 5.75 Å². The third-order valence-electron chi connectivity index (χ3n) is 3.20. The largest absolute Gasteiger partial charge is 0.497 e. The van der Waals surface area contributed by atoms with Crippen LogP contribution in [0.25, 0.3) is 11.6 Å². The van der Waals surface area contributed by atoms with Gasteiger partial charge in [0.25, 0.3) is 11.1 Å². The van der Waals surface area contributed by atoms with Crippen LogP contribution in [0.2, 0.25) is 0 Å². The number of rotatable bonds is 7. The van der Waals surface area contributed by atoms with E-state index in [1.807, 2.05) is 30.3 Å². The van der Waals surface area contributed by atoms with E-state index in [9.17, 15) is 4.79 Å². The molecular formula is C17H16N4O3S. The van der Waals surface area contributed by atoms with Gasteiger partial charge in [0.05, 0.1) is 7.11 Å². The van der Waals surface area contributed by atoms with Crippen molar-refractivity contribution < 1.29 is 13.9 Å². The summed E-state index contributed by atoms with van der Waals surface area (Å²) in [6.45, 7) is 0. The fourth-order valence-corrected chi connectivity index (χ4v) is 2.71. The van der Waals surface area contributed by atoms with E-state index >= 15 is 0 Å². The molecule has 0 bridgehead atoms. The van der Waals surface area contributed by atoms with Crippen LogP contribution in [0.1, 0.15) is 6.42 Å². The number of hydrogen-bond donors (Lipinski definition) is 1. The predicted molar refractivity (Wildman–Crippen MR) is 94.5 cm³/mol. The zero-order chi connectivity index (χ0) is 17.5. The highest BCUT2D eigenvalue weighted by Crippen LogP contribution is 2.22. The topological polar surface area (TPSA) is 90.1 Å². The highest BCUT2D eigenvalue weighted by Gasteiger charge is 2.11. The molecule has 0 aliphatic carbocycles. The van der Waals surface area contributed by atoms with Crippen LogP contribution >= 0.6 is 11.8 Å². The second kappa shape index (κ2) is 8.29. The molecule has 7 nitrogen and oxygen atoms in total. The first-order chi connectivity index (χ1) is 12.2. The van der Waals surface area contributed by atoms with Gasteiger partial charge in [-0.05, 0) is 24.3 Å². The van der Waals surface area contributed by atoms with Gasteiger partial charge in [0.1, 0.15) is 11.4 Å². The Morgan fingerprint density at radius 1 is 1.24 bits per heavy atom. The van der Waals surface area contributed by atoms with Crippen molar-refractivity contribution in [2.75, 3.05) is 18.2 Å². The van der Waals surface area contributed by atoms with Crippen molar-refractivity contribution in [3.8, 4) is 17.3 Å². The summed E-state index contributed by atoms with van der Waals surface area (Å²) in [5, 5.41) is 11.1. The Bertz CT molecular complexity index is 839. The van der Waals surface area contributed by atoms with Crippen LogP contribution in [-0.2, 0) is 4.79 Å². The normalized spacial score (nSPS) is 10.4. The molecule has 1 amide bonds. The van der Waals surface area contributed by atoms with E-state index < -0.39 is 0 Å². The minimum Gasteiger partial charge on any atom is -0.497 e. The van der Waals surface area contributed by atoms with E-state index in [-0.39, 0.29) is 5.91 Å². The number of hydrogen-bond acceptors (Lipinski definition) is 7. The second-order valence-corrected chi connectivity index (χ2v) is 6.01. The molecule has 0 aliphatic heterocycles. The number of nitrogens with zero attached hydrogens (tertiary/aromatic N) is 3. The number of benzene rings is 1. The molecule has 0 spiro atoms. The molecule has 3 aromatic rings. The number of carbonyl (C=O) groups is 1. The molecule has 3 rings (SSSR count). The van der Waals surface area contributed by atoms with Crippen LogP contribution in [0.3, 0.4) is 0 Å². The van der Waals surface area contributed by atoms with Crippen LogP contribution in [0.15, 0.2) is 58.3 Å². The molecule has 0 aliphatic rings. The lowest BCUT2D eigenvalue weighted by molar-refractivity contribution is -0.115. The van der Waals surface area contributed by atoms with Gasteiger partial charge in [-0.1, -0.05) is 23.9 Å². The zero-order valence-corrected chi connectivity index (χ0v) is 14.3. The van der Waals surface area contributed by atoms with E-state index in [2.05, 4.69) is 20.5 Å². The summed E-state index contributed by atoms with van der Waals surface area (Å²) in [5.74, 6) is 1.49. The maximum absolute atomic E-state index is 12.0. The number of ether oxygens (including phenoxy) is 1. The number of anilines is 1. The average molecular weight is 356 g/mol. The molecule has 2 heterocycles. The van der Waals surface area contributed by atoms with E-state index in [1.54, 1.807) is 25.4 Å². The maximum Gasteiger partial charge on any atom is 0.276 e. The minimum absolute atomic E-state index is 0.0924. The Labute approximate surface area is 148 Å². The molecule has 0 saturated heterocycles.